The van der Waals surface area contributed by atoms with Gasteiger partial charge in [0.15, 0.2) is 0 Å². The van der Waals surface area contributed by atoms with Gasteiger partial charge >= 0.3 is 0 Å². The minimum Gasteiger partial charge on any atom is -0.456 e. The zero-order valence-electron chi connectivity index (χ0n) is 29.0. The first-order chi connectivity index (χ1) is 26.7. The lowest BCUT2D eigenvalue weighted by atomic mass is 9.89. The summed E-state index contributed by atoms with van der Waals surface area (Å²) in [4.78, 5) is 10.2. The van der Waals surface area contributed by atoms with E-state index in [-0.39, 0.29) is 0 Å². The smallest absolute Gasteiger partial charge is 0.136 e. The van der Waals surface area contributed by atoms with Gasteiger partial charge in [0.1, 0.15) is 16.2 Å². The van der Waals surface area contributed by atoms with E-state index in [0.717, 1.165) is 82.3 Å². The van der Waals surface area contributed by atoms with Crippen molar-refractivity contribution in [3.8, 4) is 55.2 Å². The summed E-state index contributed by atoms with van der Waals surface area (Å²) in [6.07, 6.45) is 0. The fourth-order valence-corrected chi connectivity index (χ4v) is 8.95. The van der Waals surface area contributed by atoms with E-state index in [2.05, 4.69) is 164 Å². The Morgan fingerprint density at radius 2 is 1.00 bits per heavy atom. The summed E-state index contributed by atoms with van der Waals surface area (Å²) in [5.41, 5.74) is 13.9. The van der Waals surface area contributed by atoms with Gasteiger partial charge in [-0.3, -0.25) is 0 Å². The Kier molecular flexibility index (Phi) is 7.04. The predicted octanol–water partition coefficient (Wildman–Crippen LogP) is 14.2. The third-order valence-corrected chi connectivity index (χ3v) is 11.6. The molecule has 8 aromatic carbocycles. The van der Waals surface area contributed by atoms with Gasteiger partial charge < -0.3 is 4.42 Å². The molecule has 54 heavy (non-hydrogen) atoms. The van der Waals surface area contributed by atoms with Crippen molar-refractivity contribution in [3.05, 3.63) is 182 Å². The lowest BCUT2D eigenvalue weighted by molar-refractivity contribution is 0.669. The highest BCUT2D eigenvalue weighted by atomic mass is 32.1. The Bertz CT molecular complexity index is 3200. The van der Waals surface area contributed by atoms with E-state index >= 15 is 0 Å². The van der Waals surface area contributed by atoms with Crippen LogP contribution in [0.5, 0.6) is 0 Å². The molecule has 0 spiro atoms. The number of pyridine rings is 1. The third-order valence-electron chi connectivity index (χ3n) is 10.5. The molecule has 0 amide bonds. The average Bonchev–Trinajstić information content (AvgIpc) is 3.85. The number of para-hydroxylation sites is 2. The highest BCUT2D eigenvalue weighted by Gasteiger charge is 2.21. The van der Waals surface area contributed by atoms with E-state index < -0.39 is 0 Å². The van der Waals surface area contributed by atoms with Crippen molar-refractivity contribution in [3.63, 3.8) is 0 Å². The molecule has 252 valence electrons. The summed E-state index contributed by atoms with van der Waals surface area (Å²) < 4.78 is 7.78. The van der Waals surface area contributed by atoms with Gasteiger partial charge in [0.25, 0.3) is 0 Å². The molecule has 0 saturated heterocycles. The highest BCUT2D eigenvalue weighted by molar-refractivity contribution is 7.21. The molecular formula is C50H30N2OS. The van der Waals surface area contributed by atoms with Gasteiger partial charge in [-0.05, 0) is 64.2 Å². The maximum atomic E-state index is 6.59. The van der Waals surface area contributed by atoms with Crippen LogP contribution in [0.4, 0.5) is 0 Å². The first kappa shape index (κ1) is 30.7. The van der Waals surface area contributed by atoms with Crippen LogP contribution in [-0.2, 0) is 0 Å². The maximum absolute atomic E-state index is 6.59. The highest BCUT2D eigenvalue weighted by Crippen LogP contribution is 2.46. The number of aromatic nitrogens is 2. The number of rotatable bonds is 5. The van der Waals surface area contributed by atoms with Gasteiger partial charge in [-0.15, -0.1) is 11.3 Å². The molecule has 3 heterocycles. The van der Waals surface area contributed by atoms with Crippen LogP contribution in [0.3, 0.4) is 0 Å². The zero-order chi connectivity index (χ0) is 35.6. The van der Waals surface area contributed by atoms with Crippen LogP contribution in [0.25, 0.3) is 109 Å². The Balaban J connectivity index is 1.06. The Labute approximate surface area is 315 Å². The molecule has 0 aliphatic rings. The van der Waals surface area contributed by atoms with Crippen molar-refractivity contribution in [2.45, 2.75) is 0 Å². The van der Waals surface area contributed by atoms with Crippen LogP contribution in [0.2, 0.25) is 0 Å². The molecule has 11 aromatic rings. The van der Waals surface area contributed by atoms with Crippen molar-refractivity contribution >= 4 is 65.2 Å². The number of benzene rings is 8. The van der Waals surface area contributed by atoms with E-state index in [1.165, 1.54) is 26.8 Å². The first-order valence-electron chi connectivity index (χ1n) is 18.1. The summed E-state index contributed by atoms with van der Waals surface area (Å²) in [7, 11) is 0. The standard InChI is InChI=1S/C50H30N2OS/c1-3-12-33(13-4-1)49-40-30-44-48(39-19-8-10-21-43(39)53-44)46(47(40)38-18-7-9-20-41(38)51-49)32-24-22-31(23-25-32)35-16-11-17-36(28-35)37-26-27-42-45(29-37)54-50(52-42)34-14-5-2-6-15-34/h1-30H. The largest absolute Gasteiger partial charge is 0.456 e. The van der Waals surface area contributed by atoms with Crippen LogP contribution in [0, 0.1) is 0 Å². The summed E-state index contributed by atoms with van der Waals surface area (Å²) in [6, 6.07) is 64.4. The normalized spacial score (nSPS) is 11.7. The van der Waals surface area contributed by atoms with E-state index in [1.54, 1.807) is 11.3 Å². The summed E-state index contributed by atoms with van der Waals surface area (Å²) in [5, 5.41) is 6.66. The number of thiazole rings is 1. The van der Waals surface area contributed by atoms with Gasteiger partial charge in [-0.25, -0.2) is 9.97 Å². The second-order valence-corrected chi connectivity index (χ2v) is 14.7. The lowest BCUT2D eigenvalue weighted by Gasteiger charge is -2.16. The van der Waals surface area contributed by atoms with E-state index in [9.17, 15) is 0 Å². The van der Waals surface area contributed by atoms with Crippen molar-refractivity contribution in [2.24, 2.45) is 0 Å². The summed E-state index contributed by atoms with van der Waals surface area (Å²) >= 11 is 1.74. The minimum atomic E-state index is 0.860. The van der Waals surface area contributed by atoms with Crippen LogP contribution in [0.1, 0.15) is 0 Å². The lowest BCUT2D eigenvalue weighted by Crippen LogP contribution is -1.93. The predicted molar refractivity (Wildman–Crippen MR) is 227 cm³/mol. The molecule has 3 aromatic heterocycles. The Morgan fingerprint density at radius 3 is 1.81 bits per heavy atom. The van der Waals surface area contributed by atoms with Gasteiger partial charge in [0.2, 0.25) is 0 Å². The SMILES string of the molecule is c1ccc(-c2nc3ccc(-c4cccc(-c5ccc(-c6c7c(cc8c(-c9ccccc9)nc9ccccc9c68)oc6ccccc67)cc5)c4)cc3s2)cc1. The van der Waals surface area contributed by atoms with E-state index in [0.29, 0.717) is 0 Å². The Hall–Kier alpha value is -6.88. The molecule has 4 heteroatoms. The van der Waals surface area contributed by atoms with Crippen LogP contribution in [-0.4, -0.2) is 9.97 Å². The topological polar surface area (TPSA) is 38.9 Å². The quantitative estimate of drug-likeness (QED) is 0.167. The van der Waals surface area contributed by atoms with Gasteiger partial charge in [-0.1, -0.05) is 146 Å². The van der Waals surface area contributed by atoms with Gasteiger partial charge in [-0.2, -0.15) is 0 Å². The molecular weight excluding hydrogens is 677 g/mol. The molecule has 0 aliphatic carbocycles. The summed E-state index contributed by atoms with van der Waals surface area (Å²) in [5.74, 6) is 0. The van der Waals surface area contributed by atoms with Crippen LogP contribution < -0.4 is 0 Å². The van der Waals surface area contributed by atoms with Crippen molar-refractivity contribution in [1.29, 1.82) is 0 Å². The molecule has 0 atom stereocenters. The molecule has 0 bridgehead atoms. The van der Waals surface area contributed by atoms with Crippen LogP contribution >= 0.6 is 11.3 Å². The molecule has 3 nitrogen and oxygen atoms in total. The van der Waals surface area contributed by atoms with Crippen LogP contribution in [0.15, 0.2) is 186 Å². The van der Waals surface area contributed by atoms with E-state index in [4.69, 9.17) is 14.4 Å². The monoisotopic (exact) mass is 706 g/mol. The molecule has 0 fully saturated rings. The number of nitrogens with zero attached hydrogens (tertiary/aromatic N) is 2. The maximum Gasteiger partial charge on any atom is 0.136 e. The second-order valence-electron chi connectivity index (χ2n) is 13.7. The average molecular weight is 707 g/mol. The van der Waals surface area contributed by atoms with Crippen molar-refractivity contribution in [2.75, 3.05) is 0 Å². The molecule has 0 aliphatic heterocycles. The van der Waals surface area contributed by atoms with Gasteiger partial charge in [0, 0.05) is 43.6 Å². The van der Waals surface area contributed by atoms with Crippen molar-refractivity contribution in [1.82, 2.24) is 9.97 Å². The van der Waals surface area contributed by atoms with E-state index in [1.807, 2.05) is 18.2 Å². The number of furan rings is 1. The van der Waals surface area contributed by atoms with Gasteiger partial charge in [0.05, 0.1) is 21.4 Å². The summed E-state index contributed by atoms with van der Waals surface area (Å²) in [6.45, 7) is 0. The molecule has 11 rings (SSSR count). The Morgan fingerprint density at radius 1 is 0.370 bits per heavy atom. The molecule has 0 saturated carbocycles. The zero-order valence-corrected chi connectivity index (χ0v) is 29.8. The first-order valence-corrected chi connectivity index (χ1v) is 19.0. The molecule has 0 N–H and O–H groups in total. The molecule has 0 radical (unpaired) electrons. The third kappa shape index (κ3) is 5.03. The molecule has 0 unspecified atom stereocenters. The fourth-order valence-electron chi connectivity index (χ4n) is 7.94. The fraction of sp³-hybridized carbons (Fsp3) is 0. The van der Waals surface area contributed by atoms with Crippen molar-refractivity contribution < 1.29 is 4.42 Å². The number of hydrogen-bond acceptors (Lipinski definition) is 4. The second kappa shape index (κ2) is 12.4. The number of hydrogen-bond donors (Lipinski definition) is 0. The number of fused-ring (bicyclic) bond motifs is 7. The minimum absolute atomic E-state index is 0.860.